The molecular weight excluding hydrogens is 420 g/mol. The Morgan fingerprint density at radius 2 is 1.79 bits per heavy atom. The van der Waals surface area contributed by atoms with E-state index in [-0.39, 0.29) is 18.2 Å². The number of methoxy groups -OCH3 is 1. The van der Waals surface area contributed by atoms with Gasteiger partial charge in [-0.15, -0.1) is 0 Å². The zero-order valence-electron chi connectivity index (χ0n) is 18.7. The number of imidazole rings is 1. The summed E-state index contributed by atoms with van der Waals surface area (Å²) in [6.07, 6.45) is 2.87. The van der Waals surface area contributed by atoms with E-state index in [2.05, 4.69) is 15.0 Å². The van der Waals surface area contributed by atoms with Crippen LogP contribution in [0.3, 0.4) is 0 Å². The van der Waals surface area contributed by atoms with E-state index in [4.69, 9.17) is 4.98 Å². The number of H-pyrrole nitrogens is 1. The monoisotopic (exact) mass is 448 g/mol. The van der Waals surface area contributed by atoms with Gasteiger partial charge in [0.05, 0.1) is 23.7 Å². The van der Waals surface area contributed by atoms with E-state index in [1.807, 2.05) is 29.2 Å². The molecular formula is C25H28N4O4. The van der Waals surface area contributed by atoms with Crippen molar-refractivity contribution < 1.29 is 19.1 Å². The van der Waals surface area contributed by atoms with Crippen LogP contribution in [-0.2, 0) is 14.3 Å². The zero-order valence-corrected chi connectivity index (χ0v) is 18.7. The van der Waals surface area contributed by atoms with Crippen molar-refractivity contribution in [2.75, 3.05) is 25.5 Å². The highest BCUT2D eigenvalue weighted by atomic mass is 16.5. The number of anilines is 1. The predicted octanol–water partition coefficient (Wildman–Crippen LogP) is 3.86. The van der Waals surface area contributed by atoms with Crippen molar-refractivity contribution in [3.63, 3.8) is 0 Å². The van der Waals surface area contributed by atoms with Crippen molar-refractivity contribution in [2.45, 2.75) is 38.0 Å². The van der Waals surface area contributed by atoms with Crippen LogP contribution in [0.5, 0.6) is 0 Å². The lowest BCUT2D eigenvalue weighted by Gasteiger charge is -2.31. The number of amides is 2. The first kappa shape index (κ1) is 22.5. The standard InChI is InChI=1S/C25H28N4O4/c1-33-25(32)18-9-11-19(12-10-18)26-22(30)7-4-8-23(31)29-15-13-17(14-16-29)24-27-20-5-2-3-6-21(20)28-24/h2-3,5-6,9-12,17H,4,7-8,13-16H2,1H3,(H,26,30)(H,27,28). The number of nitrogens with one attached hydrogen (secondary N) is 2. The van der Waals surface area contributed by atoms with Crippen LogP contribution < -0.4 is 5.32 Å². The van der Waals surface area contributed by atoms with Crippen molar-refractivity contribution in [1.29, 1.82) is 0 Å². The molecule has 0 bridgehead atoms. The predicted molar refractivity (Wildman–Crippen MR) is 125 cm³/mol. The molecule has 4 rings (SSSR count). The molecule has 0 radical (unpaired) electrons. The minimum atomic E-state index is -0.423. The van der Waals surface area contributed by atoms with Crippen molar-refractivity contribution in [3.8, 4) is 0 Å². The first-order chi connectivity index (χ1) is 16.0. The number of aromatic amines is 1. The van der Waals surface area contributed by atoms with Gasteiger partial charge in [0.15, 0.2) is 0 Å². The molecule has 8 heteroatoms. The van der Waals surface area contributed by atoms with Gasteiger partial charge in [0.25, 0.3) is 0 Å². The van der Waals surface area contributed by atoms with E-state index in [0.29, 0.717) is 43.1 Å². The van der Waals surface area contributed by atoms with Crippen LogP contribution in [0.2, 0.25) is 0 Å². The second-order valence-corrected chi connectivity index (χ2v) is 8.26. The first-order valence-electron chi connectivity index (χ1n) is 11.2. The molecule has 1 fully saturated rings. The Morgan fingerprint density at radius 1 is 1.06 bits per heavy atom. The number of ether oxygens (including phenoxy) is 1. The molecule has 0 saturated carbocycles. The Kier molecular flexibility index (Phi) is 7.02. The van der Waals surface area contributed by atoms with Crippen LogP contribution in [0.25, 0.3) is 11.0 Å². The van der Waals surface area contributed by atoms with E-state index in [1.165, 1.54) is 7.11 Å². The van der Waals surface area contributed by atoms with Crippen LogP contribution in [-0.4, -0.2) is 52.9 Å². The Hall–Kier alpha value is -3.68. The SMILES string of the molecule is COC(=O)c1ccc(NC(=O)CCCC(=O)N2CCC(c3nc4ccccc4[nH]3)CC2)cc1. The van der Waals surface area contributed by atoms with E-state index in [9.17, 15) is 14.4 Å². The summed E-state index contributed by atoms with van der Waals surface area (Å²) in [5, 5.41) is 2.79. The third kappa shape index (κ3) is 5.58. The lowest BCUT2D eigenvalue weighted by Crippen LogP contribution is -2.38. The fraction of sp³-hybridized carbons (Fsp3) is 0.360. The average molecular weight is 449 g/mol. The number of para-hydroxylation sites is 2. The van der Waals surface area contributed by atoms with Crippen LogP contribution in [0.4, 0.5) is 5.69 Å². The van der Waals surface area contributed by atoms with Crippen LogP contribution >= 0.6 is 0 Å². The summed E-state index contributed by atoms with van der Waals surface area (Å²) in [6, 6.07) is 14.5. The van der Waals surface area contributed by atoms with Crippen LogP contribution in [0.1, 0.15) is 54.2 Å². The molecule has 172 valence electrons. The largest absolute Gasteiger partial charge is 0.465 e. The van der Waals surface area contributed by atoms with Gasteiger partial charge in [-0.1, -0.05) is 12.1 Å². The fourth-order valence-corrected chi connectivity index (χ4v) is 4.16. The van der Waals surface area contributed by atoms with Gasteiger partial charge in [0, 0.05) is 37.5 Å². The minimum absolute atomic E-state index is 0.0910. The Balaban J connectivity index is 1.18. The minimum Gasteiger partial charge on any atom is -0.465 e. The maximum Gasteiger partial charge on any atom is 0.337 e. The molecule has 2 amide bonds. The second-order valence-electron chi connectivity index (χ2n) is 8.26. The number of carbonyl (C=O) groups excluding carboxylic acids is 3. The third-order valence-electron chi connectivity index (χ3n) is 6.03. The molecule has 0 spiro atoms. The van der Waals surface area contributed by atoms with Crippen molar-refractivity contribution in [1.82, 2.24) is 14.9 Å². The third-order valence-corrected chi connectivity index (χ3v) is 6.03. The molecule has 1 aromatic heterocycles. The van der Waals surface area contributed by atoms with E-state index in [1.54, 1.807) is 24.3 Å². The van der Waals surface area contributed by atoms with Crippen molar-refractivity contribution in [2.24, 2.45) is 0 Å². The van der Waals surface area contributed by atoms with Gasteiger partial charge in [-0.25, -0.2) is 9.78 Å². The highest BCUT2D eigenvalue weighted by Gasteiger charge is 2.25. The summed E-state index contributed by atoms with van der Waals surface area (Å²) in [6.45, 7) is 1.42. The molecule has 1 aliphatic heterocycles. The number of hydrogen-bond donors (Lipinski definition) is 2. The fourth-order valence-electron chi connectivity index (χ4n) is 4.16. The summed E-state index contributed by atoms with van der Waals surface area (Å²) in [7, 11) is 1.32. The van der Waals surface area contributed by atoms with E-state index in [0.717, 1.165) is 29.7 Å². The van der Waals surface area contributed by atoms with Gasteiger partial charge in [0.2, 0.25) is 11.8 Å². The molecule has 2 heterocycles. The number of fused-ring (bicyclic) bond motifs is 1. The van der Waals surface area contributed by atoms with Crippen LogP contribution in [0, 0.1) is 0 Å². The molecule has 1 saturated heterocycles. The first-order valence-corrected chi connectivity index (χ1v) is 11.2. The van der Waals surface area contributed by atoms with Gasteiger partial charge in [-0.3, -0.25) is 9.59 Å². The van der Waals surface area contributed by atoms with E-state index < -0.39 is 5.97 Å². The van der Waals surface area contributed by atoms with Crippen LogP contribution in [0.15, 0.2) is 48.5 Å². The molecule has 3 aromatic rings. The number of benzene rings is 2. The summed E-state index contributed by atoms with van der Waals surface area (Å²) in [5.41, 5.74) is 3.05. The number of piperidine rings is 1. The Morgan fingerprint density at radius 3 is 2.48 bits per heavy atom. The number of rotatable bonds is 7. The molecule has 1 aliphatic rings. The molecule has 8 nitrogen and oxygen atoms in total. The molecule has 2 N–H and O–H groups in total. The molecule has 33 heavy (non-hydrogen) atoms. The molecule has 0 atom stereocenters. The Labute approximate surface area is 192 Å². The highest BCUT2D eigenvalue weighted by molar-refractivity contribution is 5.93. The number of hydrogen-bond acceptors (Lipinski definition) is 5. The zero-order chi connectivity index (χ0) is 23.2. The van der Waals surface area contributed by atoms with Crippen molar-refractivity contribution >= 4 is 34.5 Å². The van der Waals surface area contributed by atoms with Crippen molar-refractivity contribution in [3.05, 3.63) is 59.9 Å². The highest BCUT2D eigenvalue weighted by Crippen LogP contribution is 2.28. The average Bonchev–Trinajstić information content (AvgIpc) is 3.28. The topological polar surface area (TPSA) is 104 Å². The number of esters is 1. The summed E-state index contributed by atoms with van der Waals surface area (Å²) in [5.74, 6) is 0.843. The normalized spacial score (nSPS) is 14.3. The lowest BCUT2D eigenvalue weighted by atomic mass is 9.96. The van der Waals surface area contributed by atoms with Gasteiger partial charge in [-0.2, -0.15) is 0 Å². The maximum absolute atomic E-state index is 12.6. The van der Waals surface area contributed by atoms with Gasteiger partial charge >= 0.3 is 5.97 Å². The second kappa shape index (κ2) is 10.3. The number of aromatic nitrogens is 2. The summed E-state index contributed by atoms with van der Waals surface area (Å²) < 4.78 is 4.66. The van der Waals surface area contributed by atoms with Gasteiger partial charge in [-0.05, 0) is 55.7 Å². The summed E-state index contributed by atoms with van der Waals surface area (Å²) >= 11 is 0. The summed E-state index contributed by atoms with van der Waals surface area (Å²) in [4.78, 5) is 46.2. The molecule has 0 unspecified atom stereocenters. The van der Waals surface area contributed by atoms with Gasteiger partial charge in [0.1, 0.15) is 5.82 Å². The maximum atomic E-state index is 12.6. The Bertz CT molecular complexity index is 1100. The van der Waals surface area contributed by atoms with E-state index >= 15 is 0 Å². The molecule has 2 aromatic carbocycles. The quantitative estimate of drug-likeness (QED) is 0.534. The van der Waals surface area contributed by atoms with Gasteiger partial charge < -0.3 is 19.9 Å². The number of nitrogens with zero attached hydrogens (tertiary/aromatic N) is 2. The number of carbonyl (C=O) groups is 3. The number of likely N-dealkylation sites (tertiary alicyclic amines) is 1. The smallest absolute Gasteiger partial charge is 0.337 e. The molecule has 0 aliphatic carbocycles. The lowest BCUT2D eigenvalue weighted by molar-refractivity contribution is -0.132.